The van der Waals surface area contributed by atoms with E-state index in [1.54, 1.807) is 12.1 Å². The summed E-state index contributed by atoms with van der Waals surface area (Å²) < 4.78 is 0. The lowest BCUT2D eigenvalue weighted by molar-refractivity contribution is 0.187. The van der Waals surface area contributed by atoms with Gasteiger partial charge in [0.1, 0.15) is 5.75 Å². The van der Waals surface area contributed by atoms with Crippen molar-refractivity contribution < 1.29 is 10.2 Å². The SMILES string of the molecule is CCC.OCCC/C(=C(\c1ccc(O)cc1)c1ccc(N2CCN(C3CCCC3)CC2)cc1)c1ccccc1. The van der Waals surface area contributed by atoms with Crippen molar-refractivity contribution in [2.75, 3.05) is 37.7 Å². The van der Waals surface area contributed by atoms with Gasteiger partial charge in [-0.3, -0.25) is 4.90 Å². The predicted octanol–water partition coefficient (Wildman–Crippen LogP) is 7.60. The number of phenols is 1. The predicted molar refractivity (Wildman–Crippen MR) is 165 cm³/mol. The fourth-order valence-corrected chi connectivity index (χ4v) is 5.91. The molecule has 1 saturated heterocycles. The summed E-state index contributed by atoms with van der Waals surface area (Å²) in [5.41, 5.74) is 7.06. The minimum absolute atomic E-state index is 0.158. The van der Waals surface area contributed by atoms with Gasteiger partial charge in [0.2, 0.25) is 0 Å². The molecule has 3 aromatic carbocycles. The molecule has 1 aliphatic carbocycles. The lowest BCUT2D eigenvalue weighted by Gasteiger charge is -2.39. The Morgan fingerprint density at radius 1 is 0.744 bits per heavy atom. The van der Waals surface area contributed by atoms with Crippen molar-refractivity contribution in [2.45, 2.75) is 64.8 Å². The minimum Gasteiger partial charge on any atom is -0.508 e. The monoisotopic (exact) mass is 526 g/mol. The third-order valence-electron chi connectivity index (χ3n) is 7.84. The molecule has 0 atom stereocenters. The van der Waals surface area contributed by atoms with Gasteiger partial charge in [0.05, 0.1) is 0 Å². The zero-order valence-corrected chi connectivity index (χ0v) is 23.9. The molecule has 1 heterocycles. The summed E-state index contributed by atoms with van der Waals surface area (Å²) in [4.78, 5) is 5.22. The van der Waals surface area contributed by atoms with Crippen molar-refractivity contribution >= 4 is 16.8 Å². The van der Waals surface area contributed by atoms with Crippen LogP contribution in [0.5, 0.6) is 5.75 Å². The van der Waals surface area contributed by atoms with Crippen molar-refractivity contribution in [3.05, 3.63) is 95.6 Å². The van der Waals surface area contributed by atoms with E-state index in [1.807, 2.05) is 18.2 Å². The maximum absolute atomic E-state index is 9.92. The van der Waals surface area contributed by atoms with Gasteiger partial charge < -0.3 is 15.1 Å². The summed E-state index contributed by atoms with van der Waals surface area (Å²) in [7, 11) is 0. The van der Waals surface area contributed by atoms with E-state index in [-0.39, 0.29) is 12.4 Å². The zero-order valence-electron chi connectivity index (χ0n) is 23.9. The van der Waals surface area contributed by atoms with Gasteiger partial charge in [-0.1, -0.05) is 87.7 Å². The molecule has 0 bridgehead atoms. The Kier molecular flexibility index (Phi) is 11.1. The highest BCUT2D eigenvalue weighted by atomic mass is 16.3. The summed E-state index contributed by atoms with van der Waals surface area (Å²) in [5, 5.41) is 19.5. The van der Waals surface area contributed by atoms with Gasteiger partial charge in [-0.2, -0.15) is 0 Å². The fourth-order valence-electron chi connectivity index (χ4n) is 5.91. The number of aliphatic hydroxyl groups is 1. The highest BCUT2D eigenvalue weighted by molar-refractivity contribution is 5.98. The molecule has 2 N–H and O–H groups in total. The second-order valence-electron chi connectivity index (χ2n) is 10.8. The fraction of sp³-hybridized carbons (Fsp3) is 0.429. The number of hydrogen-bond acceptors (Lipinski definition) is 4. The van der Waals surface area contributed by atoms with Crippen molar-refractivity contribution in [2.24, 2.45) is 0 Å². The highest BCUT2D eigenvalue weighted by Crippen LogP contribution is 2.36. The molecular formula is C35H46N2O2. The van der Waals surface area contributed by atoms with Gasteiger partial charge in [0, 0.05) is 44.5 Å². The van der Waals surface area contributed by atoms with Gasteiger partial charge >= 0.3 is 0 Å². The second kappa shape index (κ2) is 14.9. The molecule has 0 radical (unpaired) electrons. The van der Waals surface area contributed by atoms with Crippen LogP contribution in [-0.4, -0.2) is 53.9 Å². The van der Waals surface area contributed by atoms with Crippen LogP contribution < -0.4 is 4.90 Å². The van der Waals surface area contributed by atoms with Crippen LogP contribution in [0.25, 0.3) is 11.1 Å². The topological polar surface area (TPSA) is 46.9 Å². The summed E-state index contributed by atoms with van der Waals surface area (Å²) in [6.07, 6.45) is 8.28. The van der Waals surface area contributed by atoms with Gasteiger partial charge in [-0.25, -0.2) is 0 Å². The van der Waals surface area contributed by atoms with Crippen molar-refractivity contribution in [1.29, 1.82) is 0 Å². The number of hydrogen-bond donors (Lipinski definition) is 2. The lowest BCUT2D eigenvalue weighted by atomic mass is 9.87. The molecule has 1 aliphatic heterocycles. The molecule has 39 heavy (non-hydrogen) atoms. The Labute approximate surface area is 235 Å². The smallest absolute Gasteiger partial charge is 0.115 e. The number of rotatable bonds is 8. The van der Waals surface area contributed by atoms with Gasteiger partial charge in [-0.05, 0) is 77.8 Å². The summed E-state index contributed by atoms with van der Waals surface area (Å²) in [6, 6.07) is 27.7. The van der Waals surface area contributed by atoms with Gasteiger partial charge in [-0.15, -0.1) is 0 Å². The normalized spacial score (nSPS) is 16.9. The number of phenolic OH excluding ortho intramolecular Hbond substituents is 1. The molecule has 0 spiro atoms. The van der Waals surface area contributed by atoms with Crippen LogP contribution >= 0.6 is 0 Å². The van der Waals surface area contributed by atoms with Crippen LogP contribution in [0.15, 0.2) is 78.9 Å². The highest BCUT2D eigenvalue weighted by Gasteiger charge is 2.26. The number of allylic oxidation sites excluding steroid dienone is 1. The Hall–Kier alpha value is -3.08. The first kappa shape index (κ1) is 28.9. The summed E-state index contributed by atoms with van der Waals surface area (Å²) >= 11 is 0. The number of nitrogens with zero attached hydrogens (tertiary/aromatic N) is 2. The maximum atomic E-state index is 9.92. The quantitative estimate of drug-likeness (QED) is 0.297. The van der Waals surface area contributed by atoms with E-state index in [4.69, 9.17) is 0 Å². The molecule has 3 aromatic rings. The van der Waals surface area contributed by atoms with Crippen molar-refractivity contribution in [3.63, 3.8) is 0 Å². The van der Waals surface area contributed by atoms with Crippen LogP contribution in [0, 0.1) is 0 Å². The van der Waals surface area contributed by atoms with Gasteiger partial charge in [0.25, 0.3) is 0 Å². The van der Waals surface area contributed by atoms with E-state index in [9.17, 15) is 10.2 Å². The van der Waals surface area contributed by atoms with E-state index < -0.39 is 0 Å². The number of aliphatic hydroxyl groups excluding tert-OH is 1. The summed E-state index contributed by atoms with van der Waals surface area (Å²) in [5.74, 6) is 0.266. The molecule has 4 nitrogen and oxygen atoms in total. The standard InChI is InChI=1S/C32H38N2O2.C3H8/c35-24-6-11-31(25-7-2-1-3-8-25)32(27-14-18-30(36)19-15-27)26-12-16-29(17-13-26)34-22-20-33(21-23-34)28-9-4-5-10-28;1-3-2/h1-3,7-8,12-19,28,35-36H,4-6,9-11,20-24H2;3H2,1-2H3/b32-31+;. The van der Waals surface area contributed by atoms with E-state index in [1.165, 1.54) is 48.9 Å². The van der Waals surface area contributed by atoms with E-state index >= 15 is 0 Å². The first-order valence-corrected chi connectivity index (χ1v) is 14.9. The van der Waals surface area contributed by atoms with Crippen LogP contribution in [0.1, 0.15) is 75.5 Å². The number of benzene rings is 3. The lowest BCUT2D eigenvalue weighted by Crippen LogP contribution is -2.49. The first-order chi connectivity index (χ1) is 19.1. The minimum atomic E-state index is 0.158. The third-order valence-corrected chi connectivity index (χ3v) is 7.84. The molecule has 0 unspecified atom stereocenters. The van der Waals surface area contributed by atoms with Crippen LogP contribution in [0.2, 0.25) is 0 Å². The van der Waals surface area contributed by atoms with E-state index in [0.29, 0.717) is 6.42 Å². The average molecular weight is 527 g/mol. The Bertz CT molecular complexity index is 1140. The van der Waals surface area contributed by atoms with E-state index in [0.717, 1.165) is 55.3 Å². The number of aromatic hydroxyl groups is 1. The van der Waals surface area contributed by atoms with Crippen LogP contribution in [0.3, 0.4) is 0 Å². The molecule has 2 fully saturated rings. The second-order valence-corrected chi connectivity index (χ2v) is 10.8. The van der Waals surface area contributed by atoms with Gasteiger partial charge in [0.15, 0.2) is 0 Å². The van der Waals surface area contributed by atoms with Crippen LogP contribution in [-0.2, 0) is 0 Å². The molecule has 0 aromatic heterocycles. The van der Waals surface area contributed by atoms with Crippen LogP contribution in [0.4, 0.5) is 5.69 Å². The molecule has 2 aliphatic rings. The van der Waals surface area contributed by atoms with Crippen molar-refractivity contribution in [3.8, 4) is 5.75 Å². The van der Waals surface area contributed by atoms with Crippen molar-refractivity contribution in [1.82, 2.24) is 4.90 Å². The Morgan fingerprint density at radius 2 is 1.31 bits per heavy atom. The Balaban J connectivity index is 0.00000112. The number of piperazine rings is 1. The van der Waals surface area contributed by atoms with E-state index in [2.05, 4.69) is 72.2 Å². The molecular weight excluding hydrogens is 480 g/mol. The molecule has 5 rings (SSSR count). The maximum Gasteiger partial charge on any atom is 0.115 e. The molecule has 208 valence electrons. The Morgan fingerprint density at radius 3 is 1.87 bits per heavy atom. The average Bonchev–Trinajstić information content (AvgIpc) is 3.53. The molecule has 1 saturated carbocycles. The first-order valence-electron chi connectivity index (χ1n) is 14.9. The summed E-state index contributed by atoms with van der Waals surface area (Å²) in [6.45, 7) is 8.89. The molecule has 4 heteroatoms. The molecule has 0 amide bonds. The third kappa shape index (κ3) is 7.74. The largest absolute Gasteiger partial charge is 0.508 e. The number of anilines is 1. The zero-order chi connectivity index (χ0) is 27.5.